The van der Waals surface area contributed by atoms with Crippen molar-refractivity contribution in [3.05, 3.63) is 29.8 Å². The molecule has 0 heterocycles. The second-order valence-electron chi connectivity index (χ2n) is 3.90. The molecule has 0 bridgehead atoms. The molecule has 0 fully saturated rings. The van der Waals surface area contributed by atoms with Crippen LogP contribution in [0.25, 0.3) is 0 Å². The van der Waals surface area contributed by atoms with Crippen molar-refractivity contribution >= 4 is 0 Å². The van der Waals surface area contributed by atoms with E-state index in [4.69, 9.17) is 9.47 Å². The SMILES string of the molecule is CCOc1ccccc1C(NC)C(C)OCC. The molecule has 1 aromatic rings. The van der Waals surface area contributed by atoms with Crippen LogP contribution in [0.5, 0.6) is 5.75 Å². The molecule has 0 aliphatic rings. The smallest absolute Gasteiger partial charge is 0.124 e. The van der Waals surface area contributed by atoms with Crippen LogP contribution in [-0.2, 0) is 4.74 Å². The molecule has 0 spiro atoms. The van der Waals surface area contributed by atoms with E-state index in [1.165, 1.54) is 0 Å². The van der Waals surface area contributed by atoms with Crippen LogP contribution in [0, 0.1) is 0 Å². The molecule has 2 atom stereocenters. The van der Waals surface area contributed by atoms with E-state index in [9.17, 15) is 0 Å². The van der Waals surface area contributed by atoms with E-state index in [-0.39, 0.29) is 12.1 Å². The van der Waals surface area contributed by atoms with Crippen LogP contribution < -0.4 is 10.1 Å². The molecular weight excluding hydrogens is 214 g/mol. The Bertz CT molecular complexity index is 328. The normalized spacial score (nSPS) is 14.4. The van der Waals surface area contributed by atoms with Crippen LogP contribution in [0.2, 0.25) is 0 Å². The Hall–Kier alpha value is -1.06. The highest BCUT2D eigenvalue weighted by molar-refractivity contribution is 5.36. The molecule has 0 saturated heterocycles. The Morgan fingerprint density at radius 3 is 2.47 bits per heavy atom. The van der Waals surface area contributed by atoms with Gasteiger partial charge in [0.05, 0.1) is 18.8 Å². The third-order valence-corrected chi connectivity index (χ3v) is 2.76. The van der Waals surface area contributed by atoms with Gasteiger partial charge >= 0.3 is 0 Å². The lowest BCUT2D eigenvalue weighted by Crippen LogP contribution is -2.30. The summed E-state index contributed by atoms with van der Waals surface area (Å²) in [5, 5.41) is 3.30. The molecule has 17 heavy (non-hydrogen) atoms. The van der Waals surface area contributed by atoms with Crippen molar-refractivity contribution in [2.45, 2.75) is 32.9 Å². The maximum atomic E-state index is 5.66. The fourth-order valence-electron chi connectivity index (χ4n) is 2.03. The van der Waals surface area contributed by atoms with Crippen LogP contribution in [0.15, 0.2) is 24.3 Å². The first-order valence-corrected chi connectivity index (χ1v) is 6.25. The molecule has 2 unspecified atom stereocenters. The Labute approximate surface area is 104 Å². The van der Waals surface area contributed by atoms with Crippen molar-refractivity contribution in [1.29, 1.82) is 0 Å². The quantitative estimate of drug-likeness (QED) is 0.791. The third kappa shape index (κ3) is 3.72. The van der Waals surface area contributed by atoms with Crippen molar-refractivity contribution in [3.8, 4) is 5.75 Å². The second-order valence-corrected chi connectivity index (χ2v) is 3.90. The molecule has 0 aromatic heterocycles. The fraction of sp³-hybridized carbons (Fsp3) is 0.571. The monoisotopic (exact) mass is 237 g/mol. The topological polar surface area (TPSA) is 30.5 Å². The van der Waals surface area contributed by atoms with Crippen molar-refractivity contribution in [3.63, 3.8) is 0 Å². The molecule has 0 radical (unpaired) electrons. The van der Waals surface area contributed by atoms with Gasteiger partial charge in [0.2, 0.25) is 0 Å². The van der Waals surface area contributed by atoms with Gasteiger partial charge in [-0.3, -0.25) is 0 Å². The van der Waals surface area contributed by atoms with Gasteiger partial charge in [0.25, 0.3) is 0 Å². The maximum absolute atomic E-state index is 5.66. The van der Waals surface area contributed by atoms with Crippen LogP contribution in [0.3, 0.4) is 0 Å². The number of nitrogens with one attached hydrogen (secondary N) is 1. The molecule has 0 aliphatic heterocycles. The lowest BCUT2D eigenvalue weighted by molar-refractivity contribution is 0.0485. The predicted molar refractivity (Wildman–Crippen MR) is 70.5 cm³/mol. The lowest BCUT2D eigenvalue weighted by atomic mass is 10.0. The first-order valence-electron chi connectivity index (χ1n) is 6.25. The Morgan fingerprint density at radius 2 is 1.88 bits per heavy atom. The molecule has 0 amide bonds. The van der Waals surface area contributed by atoms with E-state index < -0.39 is 0 Å². The van der Waals surface area contributed by atoms with Gasteiger partial charge in [0.15, 0.2) is 0 Å². The number of rotatable bonds is 7. The molecule has 1 rings (SSSR count). The molecule has 1 N–H and O–H groups in total. The average Bonchev–Trinajstić information content (AvgIpc) is 2.33. The number of hydrogen-bond donors (Lipinski definition) is 1. The van der Waals surface area contributed by atoms with Crippen molar-refractivity contribution in [2.75, 3.05) is 20.3 Å². The first kappa shape index (κ1) is 14.0. The van der Waals surface area contributed by atoms with Crippen LogP contribution >= 0.6 is 0 Å². The number of benzene rings is 1. The molecule has 96 valence electrons. The Kier molecular flexibility index (Phi) is 6.01. The first-order chi connectivity index (χ1) is 8.24. The maximum Gasteiger partial charge on any atom is 0.124 e. The zero-order valence-corrected chi connectivity index (χ0v) is 11.2. The minimum Gasteiger partial charge on any atom is -0.494 e. The van der Waals surface area contributed by atoms with Gasteiger partial charge in [-0.1, -0.05) is 18.2 Å². The summed E-state index contributed by atoms with van der Waals surface area (Å²) in [4.78, 5) is 0. The van der Waals surface area contributed by atoms with Gasteiger partial charge in [-0.15, -0.1) is 0 Å². The van der Waals surface area contributed by atoms with E-state index in [0.29, 0.717) is 6.61 Å². The molecule has 0 aliphatic carbocycles. The third-order valence-electron chi connectivity index (χ3n) is 2.76. The van der Waals surface area contributed by atoms with Crippen molar-refractivity contribution in [1.82, 2.24) is 5.32 Å². The van der Waals surface area contributed by atoms with E-state index >= 15 is 0 Å². The van der Waals surface area contributed by atoms with Gasteiger partial charge < -0.3 is 14.8 Å². The highest BCUT2D eigenvalue weighted by atomic mass is 16.5. The molecule has 3 nitrogen and oxygen atoms in total. The average molecular weight is 237 g/mol. The Balaban J connectivity index is 2.93. The summed E-state index contributed by atoms with van der Waals surface area (Å²) in [6, 6.07) is 8.26. The standard InChI is InChI=1S/C14H23NO2/c1-5-16-11(3)14(15-4)12-9-7-8-10-13(12)17-6-2/h7-11,14-15H,5-6H2,1-4H3. The zero-order chi connectivity index (χ0) is 12.7. The minimum atomic E-state index is 0.117. The van der Waals surface area contributed by atoms with Gasteiger partial charge in [-0.05, 0) is 33.9 Å². The van der Waals surface area contributed by atoms with Crippen LogP contribution in [0.4, 0.5) is 0 Å². The Morgan fingerprint density at radius 1 is 1.18 bits per heavy atom. The van der Waals surface area contributed by atoms with E-state index in [1.807, 2.05) is 39.1 Å². The van der Waals surface area contributed by atoms with Gasteiger partial charge in [-0.25, -0.2) is 0 Å². The summed E-state index contributed by atoms with van der Waals surface area (Å²) in [5.74, 6) is 0.931. The molecule has 3 heteroatoms. The number of ether oxygens (including phenoxy) is 2. The van der Waals surface area contributed by atoms with Gasteiger partial charge in [0.1, 0.15) is 5.75 Å². The highest BCUT2D eigenvalue weighted by Gasteiger charge is 2.20. The summed E-state index contributed by atoms with van der Waals surface area (Å²) in [6.07, 6.45) is 0.117. The van der Waals surface area contributed by atoms with Crippen molar-refractivity contribution in [2.24, 2.45) is 0 Å². The van der Waals surface area contributed by atoms with E-state index in [1.54, 1.807) is 0 Å². The van der Waals surface area contributed by atoms with Crippen LogP contribution in [-0.4, -0.2) is 26.4 Å². The largest absolute Gasteiger partial charge is 0.494 e. The molecule has 1 aromatic carbocycles. The van der Waals surface area contributed by atoms with Crippen LogP contribution in [0.1, 0.15) is 32.4 Å². The lowest BCUT2D eigenvalue weighted by Gasteiger charge is -2.25. The summed E-state index contributed by atoms with van der Waals surface area (Å²) in [7, 11) is 1.95. The summed E-state index contributed by atoms with van der Waals surface area (Å²) in [5.41, 5.74) is 1.15. The fourth-order valence-corrected chi connectivity index (χ4v) is 2.03. The summed E-state index contributed by atoms with van der Waals surface area (Å²) in [6.45, 7) is 7.48. The summed E-state index contributed by atoms with van der Waals surface area (Å²) < 4.78 is 11.3. The highest BCUT2D eigenvalue weighted by Crippen LogP contribution is 2.28. The predicted octanol–water partition coefficient (Wildman–Crippen LogP) is 2.77. The van der Waals surface area contributed by atoms with E-state index in [2.05, 4.69) is 18.3 Å². The summed E-state index contributed by atoms with van der Waals surface area (Å²) >= 11 is 0. The minimum absolute atomic E-state index is 0.117. The zero-order valence-electron chi connectivity index (χ0n) is 11.2. The van der Waals surface area contributed by atoms with Gasteiger partial charge in [0, 0.05) is 12.2 Å². The second kappa shape index (κ2) is 7.30. The van der Waals surface area contributed by atoms with E-state index in [0.717, 1.165) is 17.9 Å². The number of likely N-dealkylation sites (N-methyl/N-ethyl adjacent to an activating group) is 1. The number of para-hydroxylation sites is 1. The van der Waals surface area contributed by atoms with Crippen molar-refractivity contribution < 1.29 is 9.47 Å². The molecular formula is C14H23NO2. The molecule has 0 saturated carbocycles. The number of hydrogen-bond acceptors (Lipinski definition) is 3. The van der Waals surface area contributed by atoms with Gasteiger partial charge in [-0.2, -0.15) is 0 Å².